The van der Waals surface area contributed by atoms with Gasteiger partial charge in [-0.15, -0.1) is 0 Å². The Bertz CT molecular complexity index is 394. The second-order valence-electron chi connectivity index (χ2n) is 5.99. The maximum Gasteiger partial charge on any atom is 0.0708 e. The number of hydrogen-bond acceptors (Lipinski definition) is 3. The molecule has 4 nitrogen and oxygen atoms in total. The molecule has 1 aromatic rings. The molecule has 1 fully saturated rings. The summed E-state index contributed by atoms with van der Waals surface area (Å²) in [5.41, 5.74) is 4.49. The van der Waals surface area contributed by atoms with Crippen molar-refractivity contribution in [3.8, 4) is 0 Å². The van der Waals surface area contributed by atoms with Gasteiger partial charge in [0.2, 0.25) is 0 Å². The van der Waals surface area contributed by atoms with Gasteiger partial charge in [0.25, 0.3) is 0 Å². The fourth-order valence-corrected chi connectivity index (χ4v) is 3.89. The normalized spacial score (nSPS) is 25.1. The maximum absolute atomic E-state index is 5.84. The minimum atomic E-state index is 0.155. The molecule has 2 rings (SSSR count). The molecule has 1 aliphatic carbocycles. The quantitative estimate of drug-likeness (QED) is 0.666. The second kappa shape index (κ2) is 5.31. The highest BCUT2D eigenvalue weighted by atomic mass is 79.9. The minimum Gasteiger partial charge on any atom is -0.271 e. The largest absolute Gasteiger partial charge is 0.271 e. The van der Waals surface area contributed by atoms with Crippen LogP contribution in [0.1, 0.15) is 51.3 Å². The van der Waals surface area contributed by atoms with E-state index in [4.69, 9.17) is 5.84 Å². The Morgan fingerprint density at radius 2 is 2.28 bits per heavy atom. The summed E-state index contributed by atoms with van der Waals surface area (Å²) in [5.74, 6) is 6.39. The van der Waals surface area contributed by atoms with Crippen LogP contribution in [0.2, 0.25) is 0 Å². The Hall–Kier alpha value is -0.390. The monoisotopic (exact) mass is 314 g/mol. The van der Waals surface area contributed by atoms with Gasteiger partial charge in [-0.05, 0) is 40.1 Å². The highest BCUT2D eigenvalue weighted by molar-refractivity contribution is 9.10. The molecule has 0 amide bonds. The van der Waals surface area contributed by atoms with Crippen molar-refractivity contribution < 1.29 is 0 Å². The average molecular weight is 315 g/mol. The number of nitrogens with zero attached hydrogens (tertiary/aromatic N) is 2. The topological polar surface area (TPSA) is 55.9 Å². The molecule has 2 unspecified atom stereocenters. The first-order chi connectivity index (χ1) is 8.47. The lowest BCUT2D eigenvalue weighted by Crippen LogP contribution is -2.42. The standard InChI is InChI=1S/C13H23BrN4/c1-13(2)7-5-4-6-9(13)11(17-15)12-10(14)8-16-18(12)3/h8-9,11,17H,4-7,15H2,1-3H3. The zero-order valence-electron chi connectivity index (χ0n) is 11.4. The van der Waals surface area contributed by atoms with Crippen molar-refractivity contribution in [1.82, 2.24) is 15.2 Å². The van der Waals surface area contributed by atoms with Crippen LogP contribution in [0, 0.1) is 11.3 Å². The van der Waals surface area contributed by atoms with Crippen LogP contribution in [0.25, 0.3) is 0 Å². The van der Waals surface area contributed by atoms with E-state index in [-0.39, 0.29) is 6.04 Å². The number of aromatic nitrogens is 2. The molecule has 0 radical (unpaired) electrons. The number of nitrogens with one attached hydrogen (secondary N) is 1. The Morgan fingerprint density at radius 3 is 2.78 bits per heavy atom. The van der Waals surface area contributed by atoms with Gasteiger partial charge in [-0.1, -0.05) is 26.7 Å². The molecule has 0 aromatic carbocycles. The van der Waals surface area contributed by atoms with Crippen molar-refractivity contribution in [3.63, 3.8) is 0 Å². The number of halogens is 1. The molecule has 0 aliphatic heterocycles. The summed E-state index contributed by atoms with van der Waals surface area (Å²) in [5, 5.41) is 4.30. The third-order valence-corrected chi connectivity index (χ3v) is 5.02. The van der Waals surface area contributed by atoms with E-state index in [1.807, 2.05) is 17.9 Å². The third kappa shape index (κ3) is 2.49. The van der Waals surface area contributed by atoms with Gasteiger partial charge in [-0.3, -0.25) is 16.0 Å². The number of rotatable bonds is 3. The van der Waals surface area contributed by atoms with Gasteiger partial charge in [0.15, 0.2) is 0 Å². The Kier molecular flexibility index (Phi) is 4.14. The summed E-state index contributed by atoms with van der Waals surface area (Å²) in [6.45, 7) is 4.71. The zero-order chi connectivity index (χ0) is 13.3. The molecular formula is C13H23BrN4. The predicted molar refractivity (Wildman–Crippen MR) is 76.7 cm³/mol. The molecule has 1 aromatic heterocycles. The van der Waals surface area contributed by atoms with Gasteiger partial charge in [0.05, 0.1) is 22.4 Å². The maximum atomic E-state index is 5.84. The molecule has 2 atom stereocenters. The highest BCUT2D eigenvalue weighted by Gasteiger charge is 2.39. The molecule has 0 spiro atoms. The summed E-state index contributed by atoms with van der Waals surface area (Å²) >= 11 is 3.58. The van der Waals surface area contributed by atoms with Crippen molar-refractivity contribution in [3.05, 3.63) is 16.4 Å². The van der Waals surface area contributed by atoms with E-state index < -0.39 is 0 Å². The van der Waals surface area contributed by atoms with Gasteiger partial charge in [0.1, 0.15) is 0 Å². The van der Waals surface area contributed by atoms with Crippen LogP contribution < -0.4 is 11.3 Å². The Morgan fingerprint density at radius 1 is 1.56 bits per heavy atom. The van der Waals surface area contributed by atoms with E-state index in [9.17, 15) is 0 Å². The first-order valence-corrected chi connectivity index (χ1v) is 7.40. The van der Waals surface area contributed by atoms with Crippen molar-refractivity contribution in [2.24, 2.45) is 24.2 Å². The van der Waals surface area contributed by atoms with Crippen LogP contribution >= 0.6 is 15.9 Å². The molecule has 0 saturated heterocycles. The van der Waals surface area contributed by atoms with E-state index >= 15 is 0 Å². The van der Waals surface area contributed by atoms with Gasteiger partial charge >= 0.3 is 0 Å². The number of nitrogens with two attached hydrogens (primary N) is 1. The van der Waals surface area contributed by atoms with E-state index in [2.05, 4.69) is 40.3 Å². The summed E-state index contributed by atoms with van der Waals surface area (Å²) in [6, 6.07) is 0.155. The molecule has 0 bridgehead atoms. The van der Waals surface area contributed by atoms with Gasteiger partial charge in [-0.25, -0.2) is 0 Å². The minimum absolute atomic E-state index is 0.155. The SMILES string of the molecule is Cn1ncc(Br)c1C(NN)C1CCCCC1(C)C. The second-order valence-corrected chi connectivity index (χ2v) is 6.84. The van der Waals surface area contributed by atoms with Gasteiger partial charge < -0.3 is 0 Å². The summed E-state index contributed by atoms with van der Waals surface area (Å²) in [7, 11) is 1.97. The Labute approximate surface area is 117 Å². The van der Waals surface area contributed by atoms with E-state index in [0.717, 1.165) is 10.2 Å². The molecule has 5 heteroatoms. The van der Waals surface area contributed by atoms with Crippen LogP contribution in [0.5, 0.6) is 0 Å². The highest BCUT2D eigenvalue weighted by Crippen LogP contribution is 2.47. The fraction of sp³-hybridized carbons (Fsp3) is 0.769. The molecule has 1 saturated carbocycles. The predicted octanol–water partition coefficient (Wildman–Crippen LogP) is 2.90. The zero-order valence-corrected chi connectivity index (χ0v) is 13.0. The number of aryl methyl sites for hydroxylation is 1. The van der Waals surface area contributed by atoms with Crippen LogP contribution in [-0.4, -0.2) is 9.78 Å². The van der Waals surface area contributed by atoms with Gasteiger partial charge in [0, 0.05) is 7.05 Å². The molecule has 1 heterocycles. The van der Waals surface area contributed by atoms with Crippen LogP contribution in [0.15, 0.2) is 10.7 Å². The summed E-state index contributed by atoms with van der Waals surface area (Å²) in [6.07, 6.45) is 6.95. The van der Waals surface area contributed by atoms with Crippen LogP contribution in [0.4, 0.5) is 0 Å². The third-order valence-electron chi connectivity index (χ3n) is 4.40. The lowest BCUT2D eigenvalue weighted by Gasteiger charge is -2.43. The smallest absolute Gasteiger partial charge is 0.0708 e. The number of hydrazine groups is 1. The van der Waals surface area contributed by atoms with E-state index in [0.29, 0.717) is 11.3 Å². The van der Waals surface area contributed by atoms with Crippen molar-refractivity contribution in [2.75, 3.05) is 0 Å². The van der Waals surface area contributed by atoms with Crippen LogP contribution in [-0.2, 0) is 7.05 Å². The molecule has 3 N–H and O–H groups in total. The molecule has 1 aliphatic rings. The van der Waals surface area contributed by atoms with Crippen LogP contribution in [0.3, 0.4) is 0 Å². The lowest BCUT2D eigenvalue weighted by molar-refractivity contribution is 0.0949. The summed E-state index contributed by atoms with van der Waals surface area (Å²) < 4.78 is 2.95. The van der Waals surface area contributed by atoms with E-state index in [1.54, 1.807) is 0 Å². The van der Waals surface area contributed by atoms with Crippen molar-refractivity contribution in [1.29, 1.82) is 0 Å². The molecule has 102 valence electrons. The number of hydrogen-bond donors (Lipinski definition) is 2. The van der Waals surface area contributed by atoms with Gasteiger partial charge in [-0.2, -0.15) is 5.10 Å². The van der Waals surface area contributed by atoms with E-state index in [1.165, 1.54) is 25.7 Å². The molecular weight excluding hydrogens is 292 g/mol. The molecule has 18 heavy (non-hydrogen) atoms. The van der Waals surface area contributed by atoms with Crippen molar-refractivity contribution in [2.45, 2.75) is 45.6 Å². The Balaban J connectivity index is 2.33. The average Bonchev–Trinajstić information content (AvgIpc) is 2.63. The first kappa shape index (κ1) is 14.0. The first-order valence-electron chi connectivity index (χ1n) is 6.61. The fourth-order valence-electron chi connectivity index (χ4n) is 3.29. The summed E-state index contributed by atoms with van der Waals surface area (Å²) in [4.78, 5) is 0. The lowest BCUT2D eigenvalue weighted by atomic mass is 9.65. The van der Waals surface area contributed by atoms with Crippen molar-refractivity contribution >= 4 is 15.9 Å².